The Balaban J connectivity index is 1.37. The number of rotatable bonds is 3. The van der Waals surface area contributed by atoms with Crippen molar-refractivity contribution in [2.75, 3.05) is 10.2 Å². The molecule has 3 heteroatoms. The number of para-hydroxylation sites is 1. The summed E-state index contributed by atoms with van der Waals surface area (Å²) in [5, 5.41) is 5.01. The van der Waals surface area contributed by atoms with Crippen molar-refractivity contribution in [3.63, 3.8) is 0 Å². The summed E-state index contributed by atoms with van der Waals surface area (Å²) in [6.07, 6.45) is 22.6. The summed E-state index contributed by atoms with van der Waals surface area (Å²) in [6, 6.07) is 15.4. The van der Waals surface area contributed by atoms with E-state index in [0.717, 1.165) is 37.0 Å². The van der Waals surface area contributed by atoms with Crippen molar-refractivity contribution in [3.05, 3.63) is 113 Å². The van der Waals surface area contributed by atoms with Gasteiger partial charge in [0.2, 0.25) is 0 Å². The number of anilines is 2. The predicted molar refractivity (Wildman–Crippen MR) is 136 cm³/mol. The molecule has 2 heterocycles. The highest BCUT2D eigenvalue weighted by atomic mass is 16.3. The molecule has 0 radical (unpaired) electrons. The number of nitrogens with one attached hydrogen (secondary N) is 1. The van der Waals surface area contributed by atoms with Crippen LogP contribution >= 0.6 is 0 Å². The van der Waals surface area contributed by atoms with E-state index in [2.05, 4.69) is 101 Å². The van der Waals surface area contributed by atoms with Gasteiger partial charge in [-0.2, -0.15) is 0 Å². The molecule has 1 N–H and O–H groups in total. The number of nitrogens with zero attached hydrogens (tertiary/aromatic N) is 1. The highest BCUT2D eigenvalue weighted by molar-refractivity contribution is 5.93. The first-order valence-corrected chi connectivity index (χ1v) is 12.0. The summed E-state index contributed by atoms with van der Waals surface area (Å²) in [5.74, 6) is 1.27. The first-order chi connectivity index (χ1) is 16.4. The van der Waals surface area contributed by atoms with Crippen molar-refractivity contribution in [1.82, 2.24) is 0 Å². The van der Waals surface area contributed by atoms with Crippen LogP contribution in [0.1, 0.15) is 42.1 Å². The van der Waals surface area contributed by atoms with Crippen LogP contribution in [0.3, 0.4) is 0 Å². The van der Waals surface area contributed by atoms with Crippen molar-refractivity contribution < 1.29 is 4.42 Å². The second kappa shape index (κ2) is 7.41. The van der Waals surface area contributed by atoms with E-state index in [0.29, 0.717) is 0 Å². The average Bonchev–Trinajstić information content (AvgIpc) is 3.43. The second-order valence-corrected chi connectivity index (χ2v) is 9.22. The summed E-state index contributed by atoms with van der Waals surface area (Å²) in [7, 11) is 0. The van der Waals surface area contributed by atoms with E-state index in [-0.39, 0.29) is 12.0 Å². The van der Waals surface area contributed by atoms with Gasteiger partial charge in [-0.25, -0.2) is 0 Å². The molecule has 0 amide bonds. The fourth-order valence-corrected chi connectivity index (χ4v) is 5.70. The number of hydrogen-bond acceptors (Lipinski definition) is 3. The van der Waals surface area contributed by atoms with E-state index in [1.807, 2.05) is 0 Å². The Morgan fingerprint density at radius 3 is 2.67 bits per heavy atom. The Bertz CT molecular complexity index is 1400. The number of allylic oxidation sites excluding steroid dienone is 5. The smallest absolute Gasteiger partial charge is 0.141 e. The lowest BCUT2D eigenvalue weighted by atomic mass is 9.88. The van der Waals surface area contributed by atoms with Gasteiger partial charge in [-0.1, -0.05) is 48.6 Å². The van der Waals surface area contributed by atoms with Gasteiger partial charge in [-0.05, 0) is 68.2 Å². The highest BCUT2D eigenvalue weighted by Crippen LogP contribution is 2.47. The Labute approximate surface area is 194 Å². The van der Waals surface area contributed by atoms with Crippen LogP contribution in [0.15, 0.2) is 101 Å². The molecule has 0 saturated carbocycles. The maximum absolute atomic E-state index is 6.46. The lowest BCUT2D eigenvalue weighted by Gasteiger charge is -2.31. The monoisotopic (exact) mass is 430 g/mol. The number of fused-ring (bicyclic) bond motifs is 7. The van der Waals surface area contributed by atoms with Crippen molar-refractivity contribution in [2.24, 2.45) is 0 Å². The molecule has 4 aliphatic rings. The van der Waals surface area contributed by atoms with Gasteiger partial charge in [-0.15, -0.1) is 0 Å². The molecule has 1 aliphatic heterocycles. The minimum Gasteiger partial charge on any atom is -0.456 e. The van der Waals surface area contributed by atoms with E-state index in [1.54, 1.807) is 0 Å². The Morgan fingerprint density at radius 1 is 0.879 bits per heavy atom. The summed E-state index contributed by atoms with van der Waals surface area (Å²) in [4.78, 5) is 2.39. The normalized spacial score (nSPS) is 22.3. The number of aryl methyl sites for hydroxylation is 1. The van der Waals surface area contributed by atoms with Crippen LogP contribution in [0.5, 0.6) is 0 Å². The van der Waals surface area contributed by atoms with E-state index < -0.39 is 0 Å². The van der Waals surface area contributed by atoms with Crippen LogP contribution in [-0.4, -0.2) is 6.04 Å². The predicted octanol–water partition coefficient (Wildman–Crippen LogP) is 7.46. The maximum atomic E-state index is 6.46. The zero-order chi connectivity index (χ0) is 21.8. The lowest BCUT2D eigenvalue weighted by Crippen LogP contribution is -2.26. The molecule has 33 heavy (non-hydrogen) atoms. The summed E-state index contributed by atoms with van der Waals surface area (Å²) >= 11 is 0. The average molecular weight is 431 g/mol. The van der Waals surface area contributed by atoms with Crippen LogP contribution in [0, 0.1) is 0 Å². The molecule has 0 saturated heterocycles. The minimum atomic E-state index is 0.236. The SMILES string of the molecule is C1=CC(N(C2=CC3c4c(ccc5c6c(oc45)C=CCC6)NC3C=C2)c2ccccc2)=CCC1. The Morgan fingerprint density at radius 2 is 1.79 bits per heavy atom. The largest absolute Gasteiger partial charge is 0.456 e. The quantitative estimate of drug-likeness (QED) is 0.467. The van der Waals surface area contributed by atoms with E-state index >= 15 is 0 Å². The van der Waals surface area contributed by atoms with Gasteiger partial charge in [0.05, 0.1) is 6.04 Å². The molecule has 3 aliphatic carbocycles. The van der Waals surface area contributed by atoms with Gasteiger partial charge in [-0.3, -0.25) is 0 Å². The number of furan rings is 1. The summed E-state index contributed by atoms with van der Waals surface area (Å²) < 4.78 is 6.46. The lowest BCUT2D eigenvalue weighted by molar-refractivity contribution is 0.589. The van der Waals surface area contributed by atoms with Crippen molar-refractivity contribution >= 4 is 28.4 Å². The molecular weight excluding hydrogens is 404 g/mol. The van der Waals surface area contributed by atoms with Gasteiger partial charge < -0.3 is 14.6 Å². The van der Waals surface area contributed by atoms with E-state index in [9.17, 15) is 0 Å². The molecule has 2 unspecified atom stereocenters. The third kappa shape index (κ3) is 2.96. The Kier molecular flexibility index (Phi) is 4.23. The van der Waals surface area contributed by atoms with Crippen molar-refractivity contribution in [2.45, 2.75) is 37.6 Å². The Hall–Kier alpha value is -3.72. The van der Waals surface area contributed by atoms with Gasteiger partial charge in [0.1, 0.15) is 11.3 Å². The highest BCUT2D eigenvalue weighted by Gasteiger charge is 2.36. The summed E-state index contributed by atoms with van der Waals surface area (Å²) in [6.45, 7) is 0. The van der Waals surface area contributed by atoms with Gasteiger partial charge >= 0.3 is 0 Å². The number of benzene rings is 2. The molecule has 7 rings (SSSR count). The second-order valence-electron chi connectivity index (χ2n) is 9.22. The third-order valence-electron chi connectivity index (χ3n) is 7.23. The van der Waals surface area contributed by atoms with Crippen LogP contribution in [0.4, 0.5) is 11.4 Å². The number of hydrogen-bond donors (Lipinski definition) is 1. The molecular formula is C30H26N2O. The fraction of sp³-hybridized carbons (Fsp3) is 0.200. The minimum absolute atomic E-state index is 0.236. The molecule has 0 spiro atoms. The molecule has 3 nitrogen and oxygen atoms in total. The first kappa shape index (κ1) is 18.8. The molecule has 2 atom stereocenters. The van der Waals surface area contributed by atoms with Crippen LogP contribution in [0.25, 0.3) is 17.0 Å². The van der Waals surface area contributed by atoms with E-state index in [1.165, 1.54) is 39.3 Å². The zero-order valence-electron chi connectivity index (χ0n) is 18.5. The molecule has 0 bridgehead atoms. The molecule has 3 aromatic rings. The summed E-state index contributed by atoms with van der Waals surface area (Å²) in [5.41, 5.74) is 8.54. The van der Waals surface area contributed by atoms with Gasteiger partial charge in [0.15, 0.2) is 0 Å². The van der Waals surface area contributed by atoms with Gasteiger partial charge in [0, 0.05) is 45.2 Å². The zero-order valence-corrected chi connectivity index (χ0v) is 18.5. The fourth-order valence-electron chi connectivity index (χ4n) is 5.70. The maximum Gasteiger partial charge on any atom is 0.141 e. The molecule has 162 valence electrons. The molecule has 2 aromatic carbocycles. The standard InChI is InChI=1S/C30H26N2O/c1-3-9-20(10-4-1)32(21-11-5-2-6-12-21)22-15-17-26-25(19-22)29-27(31-26)18-16-24-23-13-7-8-14-28(23)33-30(24)29/h1,3-5,8-12,14-19,25-26,31H,2,6-7,13H2. The van der Waals surface area contributed by atoms with Gasteiger partial charge in [0.25, 0.3) is 0 Å². The third-order valence-corrected chi connectivity index (χ3v) is 7.23. The molecule has 1 aromatic heterocycles. The van der Waals surface area contributed by atoms with Crippen molar-refractivity contribution in [1.29, 1.82) is 0 Å². The topological polar surface area (TPSA) is 28.4 Å². The van der Waals surface area contributed by atoms with Crippen LogP contribution in [0.2, 0.25) is 0 Å². The van der Waals surface area contributed by atoms with Crippen molar-refractivity contribution in [3.8, 4) is 0 Å². The van der Waals surface area contributed by atoms with E-state index in [4.69, 9.17) is 4.42 Å². The first-order valence-electron chi connectivity index (χ1n) is 12.0. The molecule has 0 fully saturated rings. The van der Waals surface area contributed by atoms with Crippen LogP contribution < -0.4 is 10.2 Å². The van der Waals surface area contributed by atoms with Crippen LogP contribution in [-0.2, 0) is 6.42 Å².